The molecule has 1 aromatic rings. The van der Waals surface area contributed by atoms with E-state index in [0.29, 0.717) is 0 Å². The highest BCUT2D eigenvalue weighted by atomic mass is 32.2. The minimum atomic E-state index is 0.768. The molecule has 0 amide bonds. The zero-order chi connectivity index (χ0) is 13.2. The number of benzene rings is 1. The summed E-state index contributed by atoms with van der Waals surface area (Å²) in [5.74, 6) is 1.21. The Labute approximate surface area is 116 Å². The maximum atomic E-state index is 5.05. The largest absolute Gasteiger partial charge is 0.383 e. The van der Waals surface area contributed by atoms with Crippen molar-refractivity contribution in [3.8, 4) is 0 Å². The third-order valence-electron chi connectivity index (χ3n) is 2.77. The lowest BCUT2D eigenvalue weighted by Crippen LogP contribution is -2.19. The van der Waals surface area contributed by atoms with Gasteiger partial charge in [0.15, 0.2) is 0 Å². The van der Waals surface area contributed by atoms with E-state index in [1.54, 1.807) is 7.11 Å². The second-order valence-electron chi connectivity index (χ2n) is 4.48. The van der Waals surface area contributed by atoms with Crippen LogP contribution in [0.3, 0.4) is 0 Å². The first-order chi connectivity index (χ1) is 8.77. The number of aryl methyl sites for hydroxylation is 1. The van der Waals surface area contributed by atoms with Gasteiger partial charge in [-0.2, -0.15) is 0 Å². The predicted molar refractivity (Wildman–Crippen MR) is 80.4 cm³/mol. The van der Waals surface area contributed by atoms with Crippen molar-refractivity contribution in [3.05, 3.63) is 29.3 Å². The Hall–Kier alpha value is -0.510. The molecule has 0 spiro atoms. The molecule has 1 aromatic carbocycles. The van der Waals surface area contributed by atoms with Gasteiger partial charge in [-0.1, -0.05) is 31.0 Å². The van der Waals surface area contributed by atoms with Crippen LogP contribution in [0.25, 0.3) is 0 Å². The summed E-state index contributed by atoms with van der Waals surface area (Å²) in [6, 6.07) is 6.74. The van der Waals surface area contributed by atoms with Gasteiger partial charge in [0, 0.05) is 25.1 Å². The monoisotopic (exact) mass is 267 g/mol. The van der Waals surface area contributed by atoms with E-state index in [2.05, 4.69) is 37.4 Å². The van der Waals surface area contributed by atoms with Gasteiger partial charge in [0.25, 0.3) is 0 Å². The zero-order valence-corrected chi connectivity index (χ0v) is 12.6. The number of hydrogen-bond donors (Lipinski definition) is 1. The van der Waals surface area contributed by atoms with E-state index in [1.807, 2.05) is 11.8 Å². The van der Waals surface area contributed by atoms with Crippen molar-refractivity contribution in [3.63, 3.8) is 0 Å². The molecule has 102 valence electrons. The zero-order valence-electron chi connectivity index (χ0n) is 11.8. The lowest BCUT2D eigenvalue weighted by atomic mass is 10.1. The fourth-order valence-electron chi connectivity index (χ4n) is 1.71. The quantitative estimate of drug-likeness (QED) is 0.545. The van der Waals surface area contributed by atoms with Crippen LogP contribution in [0.5, 0.6) is 0 Å². The van der Waals surface area contributed by atoms with Crippen LogP contribution in [0.4, 0.5) is 0 Å². The third kappa shape index (κ3) is 5.89. The highest BCUT2D eigenvalue weighted by molar-refractivity contribution is 7.99. The lowest BCUT2D eigenvalue weighted by molar-refractivity contribution is 0.199. The van der Waals surface area contributed by atoms with Gasteiger partial charge < -0.3 is 10.1 Å². The predicted octanol–water partition coefficient (Wildman–Crippen LogP) is 3.62. The highest BCUT2D eigenvalue weighted by Crippen LogP contribution is 2.24. The van der Waals surface area contributed by atoms with Crippen LogP contribution < -0.4 is 5.32 Å². The van der Waals surface area contributed by atoms with Crippen molar-refractivity contribution in [2.45, 2.75) is 38.1 Å². The molecule has 0 fully saturated rings. The number of ether oxygens (including phenoxy) is 1. The summed E-state index contributed by atoms with van der Waals surface area (Å²) in [5.41, 5.74) is 2.74. The van der Waals surface area contributed by atoms with Crippen molar-refractivity contribution in [2.75, 3.05) is 26.0 Å². The summed E-state index contributed by atoms with van der Waals surface area (Å²) in [7, 11) is 1.74. The van der Waals surface area contributed by atoms with E-state index in [4.69, 9.17) is 4.74 Å². The summed E-state index contributed by atoms with van der Waals surface area (Å²) in [6.45, 7) is 7.00. The van der Waals surface area contributed by atoms with E-state index >= 15 is 0 Å². The summed E-state index contributed by atoms with van der Waals surface area (Å²) in [5, 5.41) is 3.42. The normalized spacial score (nSPS) is 10.8. The van der Waals surface area contributed by atoms with Gasteiger partial charge in [0.1, 0.15) is 0 Å². The minimum absolute atomic E-state index is 0.768. The molecule has 2 nitrogen and oxygen atoms in total. The molecule has 0 aromatic heterocycles. The van der Waals surface area contributed by atoms with Crippen molar-refractivity contribution in [1.82, 2.24) is 5.32 Å². The number of methoxy groups -OCH3 is 1. The van der Waals surface area contributed by atoms with Crippen LogP contribution in [-0.4, -0.2) is 26.0 Å². The Balaban J connectivity index is 2.53. The molecular formula is C15H25NOS. The molecule has 0 aliphatic carbocycles. The second kappa shape index (κ2) is 9.42. The standard InChI is InChI=1S/C15H25NOS/c1-4-5-10-18-15-7-6-13(2)11-14(15)12-16-8-9-17-3/h6-7,11,16H,4-5,8-10,12H2,1-3H3. The Morgan fingerprint density at radius 2 is 2.17 bits per heavy atom. The molecule has 3 heteroatoms. The minimum Gasteiger partial charge on any atom is -0.383 e. The fraction of sp³-hybridized carbons (Fsp3) is 0.600. The van der Waals surface area contributed by atoms with Crippen LogP contribution >= 0.6 is 11.8 Å². The molecule has 0 saturated carbocycles. The number of hydrogen-bond acceptors (Lipinski definition) is 3. The van der Waals surface area contributed by atoms with E-state index in [1.165, 1.54) is 34.6 Å². The topological polar surface area (TPSA) is 21.3 Å². The number of unbranched alkanes of at least 4 members (excludes halogenated alkanes) is 1. The lowest BCUT2D eigenvalue weighted by Gasteiger charge is -2.11. The summed E-state index contributed by atoms with van der Waals surface area (Å²) in [4.78, 5) is 1.42. The Morgan fingerprint density at radius 3 is 2.89 bits per heavy atom. The second-order valence-corrected chi connectivity index (χ2v) is 5.62. The van der Waals surface area contributed by atoms with Gasteiger partial charge in [0.05, 0.1) is 6.61 Å². The van der Waals surface area contributed by atoms with Gasteiger partial charge in [0.2, 0.25) is 0 Å². The molecule has 1 rings (SSSR count). The van der Waals surface area contributed by atoms with Gasteiger partial charge >= 0.3 is 0 Å². The van der Waals surface area contributed by atoms with Crippen LogP contribution in [-0.2, 0) is 11.3 Å². The van der Waals surface area contributed by atoms with E-state index in [0.717, 1.165) is 19.7 Å². The van der Waals surface area contributed by atoms with Gasteiger partial charge in [-0.05, 0) is 30.7 Å². The maximum Gasteiger partial charge on any atom is 0.0587 e. The van der Waals surface area contributed by atoms with Gasteiger partial charge in [-0.3, -0.25) is 0 Å². The molecule has 0 aliphatic rings. The molecule has 0 heterocycles. The van der Waals surface area contributed by atoms with Crippen molar-refractivity contribution in [2.24, 2.45) is 0 Å². The van der Waals surface area contributed by atoms with Gasteiger partial charge in [-0.15, -0.1) is 11.8 Å². The van der Waals surface area contributed by atoms with Gasteiger partial charge in [-0.25, -0.2) is 0 Å². The Bertz CT molecular complexity index is 341. The van der Waals surface area contributed by atoms with Crippen LogP contribution in [0.2, 0.25) is 0 Å². The fourth-order valence-corrected chi connectivity index (χ4v) is 2.84. The SMILES string of the molecule is CCCCSc1ccc(C)cc1CNCCOC. The van der Waals surface area contributed by atoms with E-state index < -0.39 is 0 Å². The first-order valence-corrected chi connectivity index (χ1v) is 7.68. The number of nitrogens with one attached hydrogen (secondary N) is 1. The number of rotatable bonds is 9. The molecule has 18 heavy (non-hydrogen) atoms. The molecule has 0 aliphatic heterocycles. The highest BCUT2D eigenvalue weighted by Gasteiger charge is 2.03. The average Bonchev–Trinajstić information content (AvgIpc) is 2.37. The van der Waals surface area contributed by atoms with Crippen molar-refractivity contribution < 1.29 is 4.74 Å². The van der Waals surface area contributed by atoms with Crippen molar-refractivity contribution in [1.29, 1.82) is 0 Å². The smallest absolute Gasteiger partial charge is 0.0587 e. The molecule has 0 unspecified atom stereocenters. The summed E-state index contributed by atoms with van der Waals surface area (Å²) in [6.07, 6.45) is 2.55. The van der Waals surface area contributed by atoms with Crippen LogP contribution in [0, 0.1) is 6.92 Å². The Kier molecular flexibility index (Phi) is 8.14. The van der Waals surface area contributed by atoms with E-state index in [9.17, 15) is 0 Å². The molecular weight excluding hydrogens is 242 g/mol. The van der Waals surface area contributed by atoms with Crippen LogP contribution in [0.1, 0.15) is 30.9 Å². The summed E-state index contributed by atoms with van der Waals surface area (Å²) < 4.78 is 5.05. The average molecular weight is 267 g/mol. The first kappa shape index (κ1) is 15.5. The molecule has 1 N–H and O–H groups in total. The maximum absolute atomic E-state index is 5.05. The molecule has 0 radical (unpaired) electrons. The van der Waals surface area contributed by atoms with Crippen molar-refractivity contribution >= 4 is 11.8 Å². The first-order valence-electron chi connectivity index (χ1n) is 6.70. The Morgan fingerprint density at radius 1 is 1.33 bits per heavy atom. The summed E-state index contributed by atoms with van der Waals surface area (Å²) >= 11 is 1.97. The molecule has 0 bridgehead atoms. The van der Waals surface area contributed by atoms with E-state index in [-0.39, 0.29) is 0 Å². The number of thioether (sulfide) groups is 1. The molecule has 0 atom stereocenters. The molecule has 0 saturated heterocycles. The third-order valence-corrected chi connectivity index (χ3v) is 3.97. The van der Waals surface area contributed by atoms with Crippen LogP contribution in [0.15, 0.2) is 23.1 Å².